The van der Waals surface area contributed by atoms with Gasteiger partial charge in [0.15, 0.2) is 0 Å². The summed E-state index contributed by atoms with van der Waals surface area (Å²) in [4.78, 5) is 17.2. The number of rotatable bonds is 3. The molecule has 0 unspecified atom stereocenters. The van der Waals surface area contributed by atoms with Crippen LogP contribution in [-0.2, 0) is 0 Å². The van der Waals surface area contributed by atoms with Gasteiger partial charge >= 0.3 is 0 Å². The van der Waals surface area contributed by atoms with E-state index in [4.69, 9.17) is 0 Å². The zero-order chi connectivity index (χ0) is 16.1. The summed E-state index contributed by atoms with van der Waals surface area (Å²) in [7, 11) is 0. The number of carbonyl (C=O) groups excluding carboxylic acids is 1. The standard InChI is InChI=1S/C21H24N2O/c24-20(18-5-6-22-19-4-2-1-3-17(18)19)23-13-21-10-14-7-15(11-21)9-16(8-14)12-21/h1-6,14-16H,7-13H2,(H,23,24). The van der Waals surface area contributed by atoms with Crippen molar-refractivity contribution >= 4 is 16.8 Å². The molecule has 3 heteroatoms. The number of nitrogens with one attached hydrogen (secondary N) is 1. The van der Waals surface area contributed by atoms with Crippen LogP contribution in [0.3, 0.4) is 0 Å². The predicted octanol–water partition coefficient (Wildman–Crippen LogP) is 4.18. The maximum Gasteiger partial charge on any atom is 0.252 e. The molecule has 0 spiro atoms. The van der Waals surface area contributed by atoms with Crippen molar-refractivity contribution in [3.8, 4) is 0 Å². The van der Waals surface area contributed by atoms with Crippen LogP contribution in [0.1, 0.15) is 48.9 Å². The van der Waals surface area contributed by atoms with Crippen molar-refractivity contribution in [2.75, 3.05) is 6.54 Å². The summed E-state index contributed by atoms with van der Waals surface area (Å²) >= 11 is 0. The number of nitrogens with zero attached hydrogens (tertiary/aromatic N) is 1. The van der Waals surface area contributed by atoms with Gasteiger partial charge < -0.3 is 5.32 Å². The molecule has 24 heavy (non-hydrogen) atoms. The van der Waals surface area contributed by atoms with Crippen molar-refractivity contribution in [2.45, 2.75) is 38.5 Å². The minimum Gasteiger partial charge on any atom is -0.351 e. The van der Waals surface area contributed by atoms with Gasteiger partial charge in [-0.2, -0.15) is 0 Å². The lowest BCUT2D eigenvalue weighted by molar-refractivity contribution is -0.0503. The highest BCUT2D eigenvalue weighted by Crippen LogP contribution is 2.59. The van der Waals surface area contributed by atoms with E-state index in [9.17, 15) is 4.79 Å². The lowest BCUT2D eigenvalue weighted by Crippen LogP contribution is -2.51. The zero-order valence-corrected chi connectivity index (χ0v) is 14.0. The average molecular weight is 320 g/mol. The Morgan fingerprint density at radius 1 is 1.04 bits per heavy atom. The number of fused-ring (bicyclic) bond motifs is 1. The number of aromatic nitrogens is 1. The summed E-state index contributed by atoms with van der Waals surface area (Å²) in [6.07, 6.45) is 10.1. The van der Waals surface area contributed by atoms with Crippen molar-refractivity contribution in [3.63, 3.8) is 0 Å². The minimum absolute atomic E-state index is 0.0596. The lowest BCUT2D eigenvalue weighted by Gasteiger charge is -2.56. The molecule has 1 aromatic carbocycles. The molecule has 4 aliphatic carbocycles. The molecule has 1 N–H and O–H groups in total. The molecule has 1 heterocycles. The van der Waals surface area contributed by atoms with Gasteiger partial charge in [0, 0.05) is 18.1 Å². The summed E-state index contributed by atoms with van der Waals surface area (Å²) in [5.41, 5.74) is 2.03. The van der Waals surface area contributed by atoms with Crippen molar-refractivity contribution < 1.29 is 4.79 Å². The maximum absolute atomic E-state index is 12.8. The molecule has 4 fully saturated rings. The van der Waals surface area contributed by atoms with Crippen LogP contribution >= 0.6 is 0 Å². The van der Waals surface area contributed by atoms with Gasteiger partial charge in [-0.1, -0.05) is 18.2 Å². The molecular weight excluding hydrogens is 296 g/mol. The van der Waals surface area contributed by atoms with Crippen LogP contribution in [0.4, 0.5) is 0 Å². The van der Waals surface area contributed by atoms with Gasteiger partial charge in [0.1, 0.15) is 0 Å². The summed E-state index contributed by atoms with van der Waals surface area (Å²) in [6, 6.07) is 9.73. The van der Waals surface area contributed by atoms with E-state index in [0.29, 0.717) is 5.41 Å². The number of pyridine rings is 1. The third-order valence-corrected chi connectivity index (χ3v) is 6.68. The van der Waals surface area contributed by atoms with Crippen LogP contribution in [0.5, 0.6) is 0 Å². The molecule has 3 nitrogen and oxygen atoms in total. The van der Waals surface area contributed by atoms with Gasteiger partial charge in [-0.05, 0) is 73.8 Å². The average Bonchev–Trinajstić information content (AvgIpc) is 2.58. The summed E-state index contributed by atoms with van der Waals surface area (Å²) in [6.45, 7) is 0.853. The molecule has 4 bridgehead atoms. The lowest BCUT2D eigenvalue weighted by atomic mass is 9.49. The van der Waals surface area contributed by atoms with E-state index in [1.54, 1.807) is 6.20 Å². The van der Waals surface area contributed by atoms with E-state index in [-0.39, 0.29) is 5.91 Å². The topological polar surface area (TPSA) is 42.0 Å². The van der Waals surface area contributed by atoms with E-state index >= 15 is 0 Å². The monoisotopic (exact) mass is 320 g/mol. The highest BCUT2D eigenvalue weighted by atomic mass is 16.1. The molecule has 2 aromatic rings. The Kier molecular flexibility index (Phi) is 3.19. The third kappa shape index (κ3) is 2.33. The Morgan fingerprint density at radius 3 is 2.42 bits per heavy atom. The number of benzene rings is 1. The summed E-state index contributed by atoms with van der Waals surface area (Å²) < 4.78 is 0. The first kappa shape index (κ1) is 14.4. The first-order valence-corrected chi connectivity index (χ1v) is 9.33. The summed E-state index contributed by atoms with van der Waals surface area (Å²) in [5, 5.41) is 4.23. The van der Waals surface area contributed by atoms with E-state index < -0.39 is 0 Å². The Balaban J connectivity index is 1.36. The Morgan fingerprint density at radius 2 is 1.71 bits per heavy atom. The molecule has 0 aliphatic heterocycles. The fraction of sp³-hybridized carbons (Fsp3) is 0.524. The molecular formula is C21H24N2O. The number of carbonyl (C=O) groups is 1. The molecule has 0 radical (unpaired) electrons. The molecule has 4 aliphatic rings. The molecule has 0 saturated heterocycles. The quantitative estimate of drug-likeness (QED) is 0.922. The number of hydrogen-bond acceptors (Lipinski definition) is 2. The number of hydrogen-bond donors (Lipinski definition) is 1. The van der Waals surface area contributed by atoms with E-state index in [0.717, 1.165) is 40.8 Å². The molecule has 124 valence electrons. The van der Waals surface area contributed by atoms with Crippen molar-refractivity contribution in [1.82, 2.24) is 10.3 Å². The van der Waals surface area contributed by atoms with Crippen LogP contribution in [0.15, 0.2) is 36.5 Å². The van der Waals surface area contributed by atoms with Crippen LogP contribution in [-0.4, -0.2) is 17.4 Å². The van der Waals surface area contributed by atoms with Crippen molar-refractivity contribution in [2.24, 2.45) is 23.2 Å². The smallest absolute Gasteiger partial charge is 0.252 e. The highest BCUT2D eigenvalue weighted by Gasteiger charge is 2.50. The van der Waals surface area contributed by atoms with Gasteiger partial charge in [-0.15, -0.1) is 0 Å². The van der Waals surface area contributed by atoms with Gasteiger partial charge in [-0.25, -0.2) is 0 Å². The van der Waals surface area contributed by atoms with E-state index in [1.807, 2.05) is 30.3 Å². The van der Waals surface area contributed by atoms with Gasteiger partial charge in [0.05, 0.1) is 11.1 Å². The van der Waals surface area contributed by atoms with Gasteiger partial charge in [0.25, 0.3) is 5.91 Å². The predicted molar refractivity (Wildman–Crippen MR) is 94.7 cm³/mol. The Labute approximate surface area is 142 Å². The van der Waals surface area contributed by atoms with Crippen LogP contribution in [0, 0.1) is 23.2 Å². The molecule has 1 amide bonds. The minimum atomic E-state index is 0.0596. The normalized spacial score (nSPS) is 33.8. The first-order valence-electron chi connectivity index (χ1n) is 9.33. The van der Waals surface area contributed by atoms with E-state index in [2.05, 4.69) is 10.3 Å². The van der Waals surface area contributed by atoms with Gasteiger partial charge in [-0.3, -0.25) is 9.78 Å². The molecule has 0 atom stereocenters. The Bertz CT molecular complexity index is 757. The SMILES string of the molecule is O=C(NCC12CC3CC(CC(C3)C1)C2)c1ccnc2ccccc12. The molecule has 6 rings (SSSR count). The Hall–Kier alpha value is -1.90. The zero-order valence-electron chi connectivity index (χ0n) is 14.0. The first-order chi connectivity index (χ1) is 11.7. The second-order valence-electron chi connectivity index (χ2n) is 8.48. The number of para-hydroxylation sites is 1. The fourth-order valence-electron chi connectivity index (χ4n) is 6.16. The second-order valence-corrected chi connectivity index (χ2v) is 8.48. The van der Waals surface area contributed by atoms with Crippen molar-refractivity contribution in [3.05, 3.63) is 42.1 Å². The van der Waals surface area contributed by atoms with Crippen LogP contribution in [0.2, 0.25) is 0 Å². The third-order valence-electron chi connectivity index (χ3n) is 6.68. The highest BCUT2D eigenvalue weighted by molar-refractivity contribution is 6.05. The van der Waals surface area contributed by atoms with Gasteiger partial charge in [0.2, 0.25) is 0 Å². The number of amides is 1. The molecule has 4 saturated carbocycles. The summed E-state index contributed by atoms with van der Waals surface area (Å²) in [5.74, 6) is 2.84. The second kappa shape index (κ2) is 5.30. The van der Waals surface area contributed by atoms with Crippen molar-refractivity contribution in [1.29, 1.82) is 0 Å². The maximum atomic E-state index is 12.8. The largest absolute Gasteiger partial charge is 0.351 e. The van der Waals surface area contributed by atoms with Crippen LogP contribution < -0.4 is 5.32 Å². The van der Waals surface area contributed by atoms with Crippen LogP contribution in [0.25, 0.3) is 10.9 Å². The van der Waals surface area contributed by atoms with E-state index in [1.165, 1.54) is 38.5 Å². The molecule has 1 aromatic heterocycles. The fourth-order valence-corrected chi connectivity index (χ4v) is 6.16.